The first-order chi connectivity index (χ1) is 7.83. The first kappa shape index (κ1) is 11.3. The maximum Gasteiger partial charge on any atom is 0.0929 e. The molecule has 0 aliphatic rings. The van der Waals surface area contributed by atoms with Crippen molar-refractivity contribution in [2.45, 2.75) is 33.1 Å². The van der Waals surface area contributed by atoms with E-state index in [1.807, 2.05) is 0 Å². The summed E-state index contributed by atoms with van der Waals surface area (Å²) in [5.74, 6) is 0. The second-order valence-electron chi connectivity index (χ2n) is 3.93. The fourth-order valence-corrected chi connectivity index (χ4v) is 2.49. The molecule has 16 heavy (non-hydrogen) atoms. The van der Waals surface area contributed by atoms with Crippen LogP contribution < -0.4 is 0 Å². The SMILES string of the molecule is CCCc1ccc(-c2csc(CC)n2)cc1. The van der Waals surface area contributed by atoms with E-state index in [0.717, 1.165) is 18.5 Å². The average Bonchev–Trinajstić information content (AvgIpc) is 2.79. The Morgan fingerprint density at radius 2 is 1.88 bits per heavy atom. The van der Waals surface area contributed by atoms with Crippen molar-refractivity contribution in [1.29, 1.82) is 0 Å². The summed E-state index contributed by atoms with van der Waals surface area (Å²) in [5, 5.41) is 3.36. The van der Waals surface area contributed by atoms with Crippen LogP contribution in [0.25, 0.3) is 11.3 Å². The molecule has 0 radical (unpaired) electrons. The minimum Gasteiger partial charge on any atom is -0.241 e. The zero-order chi connectivity index (χ0) is 11.4. The van der Waals surface area contributed by atoms with Crippen LogP contribution in [0.4, 0.5) is 0 Å². The monoisotopic (exact) mass is 231 g/mol. The fraction of sp³-hybridized carbons (Fsp3) is 0.357. The number of aryl methyl sites for hydroxylation is 2. The smallest absolute Gasteiger partial charge is 0.0929 e. The highest BCUT2D eigenvalue weighted by Gasteiger charge is 2.02. The molecule has 0 atom stereocenters. The molecule has 1 heterocycles. The Morgan fingerprint density at radius 1 is 1.12 bits per heavy atom. The minimum atomic E-state index is 1.03. The van der Waals surface area contributed by atoms with Gasteiger partial charge in [0.2, 0.25) is 0 Å². The van der Waals surface area contributed by atoms with Crippen molar-refractivity contribution in [3.8, 4) is 11.3 Å². The second-order valence-corrected chi connectivity index (χ2v) is 4.87. The summed E-state index contributed by atoms with van der Waals surface area (Å²) >= 11 is 1.75. The van der Waals surface area contributed by atoms with Crippen LogP contribution in [0.15, 0.2) is 29.6 Å². The molecule has 0 saturated heterocycles. The lowest BCUT2D eigenvalue weighted by molar-refractivity contribution is 0.922. The van der Waals surface area contributed by atoms with E-state index >= 15 is 0 Å². The van der Waals surface area contributed by atoms with Crippen molar-refractivity contribution in [2.75, 3.05) is 0 Å². The minimum absolute atomic E-state index is 1.03. The van der Waals surface area contributed by atoms with Gasteiger partial charge in [-0.15, -0.1) is 11.3 Å². The van der Waals surface area contributed by atoms with Crippen LogP contribution in [0.2, 0.25) is 0 Å². The highest BCUT2D eigenvalue weighted by molar-refractivity contribution is 7.09. The zero-order valence-electron chi connectivity index (χ0n) is 9.86. The van der Waals surface area contributed by atoms with E-state index in [1.165, 1.54) is 22.6 Å². The number of nitrogens with zero attached hydrogens (tertiary/aromatic N) is 1. The maximum atomic E-state index is 4.59. The van der Waals surface area contributed by atoms with Crippen molar-refractivity contribution in [3.05, 3.63) is 40.2 Å². The second kappa shape index (κ2) is 5.26. The summed E-state index contributed by atoms with van der Waals surface area (Å²) in [6.07, 6.45) is 3.40. The molecule has 1 nitrogen and oxygen atoms in total. The lowest BCUT2D eigenvalue weighted by Gasteiger charge is -2.00. The lowest BCUT2D eigenvalue weighted by atomic mass is 10.1. The van der Waals surface area contributed by atoms with E-state index < -0.39 is 0 Å². The molecule has 1 aromatic heterocycles. The van der Waals surface area contributed by atoms with Gasteiger partial charge in [0, 0.05) is 10.9 Å². The molecule has 2 aromatic rings. The fourth-order valence-electron chi connectivity index (χ4n) is 1.74. The Labute approximate surface area is 101 Å². The van der Waals surface area contributed by atoms with Gasteiger partial charge in [0.25, 0.3) is 0 Å². The van der Waals surface area contributed by atoms with E-state index in [4.69, 9.17) is 0 Å². The first-order valence-electron chi connectivity index (χ1n) is 5.87. The summed E-state index contributed by atoms with van der Waals surface area (Å²) in [7, 11) is 0. The standard InChI is InChI=1S/C14H17NS/c1-3-5-11-6-8-12(9-7-11)13-10-16-14(4-2)15-13/h6-10H,3-5H2,1-2H3. The highest BCUT2D eigenvalue weighted by atomic mass is 32.1. The largest absolute Gasteiger partial charge is 0.241 e. The van der Waals surface area contributed by atoms with Gasteiger partial charge in [-0.2, -0.15) is 0 Å². The molecule has 0 amide bonds. The molecule has 0 spiro atoms. The number of benzene rings is 1. The molecule has 2 heteroatoms. The number of hydrogen-bond donors (Lipinski definition) is 0. The molecule has 0 saturated carbocycles. The van der Waals surface area contributed by atoms with E-state index in [9.17, 15) is 0 Å². The molecule has 0 aliphatic carbocycles. The summed E-state index contributed by atoms with van der Waals surface area (Å²) in [4.78, 5) is 4.59. The van der Waals surface area contributed by atoms with Crippen molar-refractivity contribution in [3.63, 3.8) is 0 Å². The predicted molar refractivity (Wildman–Crippen MR) is 70.9 cm³/mol. The average molecular weight is 231 g/mol. The highest BCUT2D eigenvalue weighted by Crippen LogP contribution is 2.22. The normalized spacial score (nSPS) is 10.6. The van der Waals surface area contributed by atoms with Crippen molar-refractivity contribution in [2.24, 2.45) is 0 Å². The molecule has 0 bridgehead atoms. The zero-order valence-corrected chi connectivity index (χ0v) is 10.7. The number of thiazole rings is 1. The van der Waals surface area contributed by atoms with Crippen LogP contribution in [0.5, 0.6) is 0 Å². The Balaban J connectivity index is 2.20. The molecule has 1 aromatic carbocycles. The molecule has 0 fully saturated rings. The van der Waals surface area contributed by atoms with Gasteiger partial charge >= 0.3 is 0 Å². The predicted octanol–water partition coefficient (Wildman–Crippen LogP) is 4.33. The maximum absolute atomic E-state index is 4.59. The van der Waals surface area contributed by atoms with Gasteiger partial charge < -0.3 is 0 Å². The van der Waals surface area contributed by atoms with E-state index in [-0.39, 0.29) is 0 Å². The number of rotatable bonds is 4. The molecule has 0 aliphatic heterocycles. The Kier molecular flexibility index (Phi) is 3.73. The van der Waals surface area contributed by atoms with Crippen LogP contribution in [0.3, 0.4) is 0 Å². The Morgan fingerprint density at radius 3 is 2.44 bits per heavy atom. The van der Waals surface area contributed by atoms with Crippen LogP contribution in [-0.2, 0) is 12.8 Å². The van der Waals surface area contributed by atoms with Crippen LogP contribution >= 0.6 is 11.3 Å². The van der Waals surface area contributed by atoms with E-state index in [0.29, 0.717) is 0 Å². The first-order valence-corrected chi connectivity index (χ1v) is 6.75. The van der Waals surface area contributed by atoms with Gasteiger partial charge in [-0.05, 0) is 18.4 Å². The van der Waals surface area contributed by atoms with Crippen LogP contribution in [-0.4, -0.2) is 4.98 Å². The van der Waals surface area contributed by atoms with Gasteiger partial charge in [-0.25, -0.2) is 4.98 Å². The topological polar surface area (TPSA) is 12.9 Å². The third-order valence-electron chi connectivity index (χ3n) is 2.64. The number of aromatic nitrogens is 1. The van der Waals surface area contributed by atoms with Crippen LogP contribution in [0, 0.1) is 0 Å². The van der Waals surface area contributed by atoms with Gasteiger partial charge in [0.15, 0.2) is 0 Å². The summed E-state index contributed by atoms with van der Waals surface area (Å²) in [5.41, 5.74) is 3.76. The van der Waals surface area contributed by atoms with Crippen LogP contribution in [0.1, 0.15) is 30.8 Å². The summed E-state index contributed by atoms with van der Waals surface area (Å²) in [6.45, 7) is 4.36. The molecular weight excluding hydrogens is 214 g/mol. The third-order valence-corrected chi connectivity index (χ3v) is 3.64. The molecule has 0 unspecified atom stereocenters. The van der Waals surface area contributed by atoms with Gasteiger partial charge in [-0.3, -0.25) is 0 Å². The third kappa shape index (κ3) is 2.50. The molecule has 2 rings (SSSR count). The molecule has 0 N–H and O–H groups in total. The Bertz CT molecular complexity index is 442. The summed E-state index contributed by atoms with van der Waals surface area (Å²) < 4.78 is 0. The quantitative estimate of drug-likeness (QED) is 0.763. The van der Waals surface area contributed by atoms with Crippen molar-refractivity contribution < 1.29 is 0 Å². The lowest BCUT2D eigenvalue weighted by Crippen LogP contribution is -1.84. The molecular formula is C14H17NS. The number of hydrogen-bond acceptors (Lipinski definition) is 2. The van der Waals surface area contributed by atoms with E-state index in [1.54, 1.807) is 11.3 Å². The van der Waals surface area contributed by atoms with Crippen molar-refractivity contribution >= 4 is 11.3 Å². The van der Waals surface area contributed by atoms with Gasteiger partial charge in [-0.1, -0.05) is 44.5 Å². The van der Waals surface area contributed by atoms with E-state index in [2.05, 4.69) is 48.5 Å². The molecule has 84 valence electrons. The Hall–Kier alpha value is -1.15. The van der Waals surface area contributed by atoms with Crippen molar-refractivity contribution in [1.82, 2.24) is 4.98 Å². The van der Waals surface area contributed by atoms with Gasteiger partial charge in [0.05, 0.1) is 10.7 Å². The van der Waals surface area contributed by atoms with Gasteiger partial charge in [0.1, 0.15) is 0 Å². The summed E-state index contributed by atoms with van der Waals surface area (Å²) in [6, 6.07) is 8.78.